The summed E-state index contributed by atoms with van der Waals surface area (Å²) in [6.45, 7) is 0. The topological polar surface area (TPSA) is 68.7 Å². The van der Waals surface area contributed by atoms with E-state index in [1.54, 1.807) is 19.5 Å². The minimum Gasteiger partial charge on any atom is -0.493 e. The lowest BCUT2D eigenvalue weighted by atomic mass is 9.66. The van der Waals surface area contributed by atoms with Crippen LogP contribution in [0.4, 0.5) is 0 Å². The Morgan fingerprint density at radius 1 is 1.13 bits per heavy atom. The van der Waals surface area contributed by atoms with Crippen LogP contribution in [0.1, 0.15) is 43.2 Å². The van der Waals surface area contributed by atoms with Gasteiger partial charge in [0.15, 0.2) is 11.5 Å². The molecule has 2 unspecified atom stereocenters. The first kappa shape index (κ1) is 21.2. The lowest BCUT2D eigenvalue weighted by molar-refractivity contribution is -0.143. The van der Waals surface area contributed by atoms with Gasteiger partial charge in [0.2, 0.25) is 0 Å². The second-order valence-corrected chi connectivity index (χ2v) is 8.31. The Kier molecular flexibility index (Phi) is 6.40. The molecule has 0 amide bonds. The maximum atomic E-state index is 12.7. The van der Waals surface area contributed by atoms with E-state index < -0.39 is 11.4 Å². The number of carboxylic acid groups (broad SMARTS) is 1. The molecular weight excluding hydrogens is 390 g/mol. The third-order valence-corrected chi connectivity index (χ3v) is 6.48. The highest BCUT2D eigenvalue weighted by Gasteiger charge is 2.45. The highest BCUT2D eigenvalue weighted by molar-refractivity contribution is 5.86. The van der Waals surface area contributed by atoms with Crippen LogP contribution in [0, 0.1) is 5.92 Å². The normalized spacial score (nSPS) is 23.1. The predicted octanol–water partition coefficient (Wildman–Crippen LogP) is 5.11. The van der Waals surface area contributed by atoms with Gasteiger partial charge in [0.25, 0.3) is 0 Å². The van der Waals surface area contributed by atoms with Crippen LogP contribution in [0.3, 0.4) is 0 Å². The lowest BCUT2D eigenvalue weighted by Gasteiger charge is -2.36. The molecule has 0 bridgehead atoms. The largest absolute Gasteiger partial charge is 0.493 e. The number of aliphatic carboxylic acids is 1. The summed E-state index contributed by atoms with van der Waals surface area (Å²) in [6, 6.07) is 9.51. The molecular formula is C26H29NO4. The fourth-order valence-corrected chi connectivity index (χ4v) is 4.75. The van der Waals surface area contributed by atoms with Crippen LogP contribution < -0.4 is 9.47 Å². The van der Waals surface area contributed by atoms with Gasteiger partial charge >= 0.3 is 5.97 Å². The van der Waals surface area contributed by atoms with Crippen LogP contribution >= 0.6 is 0 Å². The van der Waals surface area contributed by atoms with Gasteiger partial charge in [-0.1, -0.05) is 30.4 Å². The van der Waals surface area contributed by atoms with Crippen molar-refractivity contribution in [3.63, 3.8) is 0 Å². The summed E-state index contributed by atoms with van der Waals surface area (Å²) >= 11 is 0. The van der Waals surface area contributed by atoms with Gasteiger partial charge in [-0.3, -0.25) is 9.78 Å². The number of ether oxygens (including phenoxy) is 2. The SMILES string of the molecule is COc1ccc(C2(C(=O)O)C=CC=CC2CCc2ccncc2)cc1OC1CCCC1. The molecule has 31 heavy (non-hydrogen) atoms. The number of aryl methyl sites for hydroxylation is 1. The first-order valence-electron chi connectivity index (χ1n) is 11.0. The van der Waals surface area contributed by atoms with E-state index in [2.05, 4.69) is 4.98 Å². The standard InChI is InChI=1S/C26H29NO4/c1-30-23-12-11-21(18-24(23)31-22-7-2-3-8-22)26(25(28)29)15-5-4-6-20(26)10-9-19-13-16-27-17-14-19/h4-6,11-18,20,22H,2-3,7-10H2,1H3,(H,28,29). The van der Waals surface area contributed by atoms with Gasteiger partial charge in [-0.2, -0.15) is 0 Å². The number of aromatic nitrogens is 1. The summed E-state index contributed by atoms with van der Waals surface area (Å²) in [5.41, 5.74) is 0.716. The van der Waals surface area contributed by atoms with E-state index in [0.717, 1.165) is 37.7 Å². The number of rotatable bonds is 8. The molecule has 1 heterocycles. The summed E-state index contributed by atoms with van der Waals surface area (Å²) in [6.07, 6.45) is 17.2. The zero-order chi connectivity index (χ0) is 21.7. The first-order valence-corrected chi connectivity index (χ1v) is 11.0. The second-order valence-electron chi connectivity index (χ2n) is 8.31. The van der Waals surface area contributed by atoms with Crippen LogP contribution in [0.5, 0.6) is 11.5 Å². The van der Waals surface area contributed by atoms with Crippen LogP contribution in [-0.2, 0) is 16.6 Å². The molecule has 1 N–H and O–H groups in total. The van der Waals surface area contributed by atoms with Crippen molar-refractivity contribution in [2.24, 2.45) is 5.92 Å². The number of nitrogens with zero attached hydrogens (tertiary/aromatic N) is 1. The van der Waals surface area contributed by atoms with Crippen molar-refractivity contribution in [3.8, 4) is 11.5 Å². The third kappa shape index (κ3) is 4.36. The van der Waals surface area contributed by atoms with Crippen LogP contribution in [-0.4, -0.2) is 29.3 Å². The maximum Gasteiger partial charge on any atom is 0.318 e. The number of hydrogen-bond acceptors (Lipinski definition) is 4. The number of hydrogen-bond donors (Lipinski definition) is 1. The second kappa shape index (κ2) is 9.38. The molecule has 1 aromatic carbocycles. The van der Waals surface area contributed by atoms with E-state index >= 15 is 0 Å². The van der Waals surface area contributed by atoms with Crippen molar-refractivity contribution in [2.75, 3.05) is 7.11 Å². The zero-order valence-corrected chi connectivity index (χ0v) is 17.9. The Hall–Kier alpha value is -3.08. The molecule has 1 saturated carbocycles. The van der Waals surface area contributed by atoms with E-state index in [4.69, 9.17) is 9.47 Å². The fraction of sp³-hybridized carbons (Fsp3) is 0.385. The van der Waals surface area contributed by atoms with Crippen molar-refractivity contribution in [1.82, 2.24) is 4.98 Å². The van der Waals surface area contributed by atoms with Gasteiger partial charge < -0.3 is 14.6 Å². The van der Waals surface area contributed by atoms with Crippen LogP contribution in [0.25, 0.3) is 0 Å². The molecule has 0 aliphatic heterocycles. The minimum atomic E-state index is -1.15. The molecule has 5 heteroatoms. The zero-order valence-electron chi connectivity index (χ0n) is 17.9. The Balaban J connectivity index is 1.67. The number of carbonyl (C=O) groups is 1. The molecule has 0 radical (unpaired) electrons. The number of methoxy groups -OCH3 is 1. The molecule has 2 aliphatic carbocycles. The van der Waals surface area contributed by atoms with Crippen molar-refractivity contribution in [1.29, 1.82) is 0 Å². The summed E-state index contributed by atoms with van der Waals surface area (Å²) in [5, 5.41) is 10.4. The highest BCUT2D eigenvalue weighted by Crippen LogP contribution is 2.43. The fourth-order valence-electron chi connectivity index (χ4n) is 4.75. The Bertz CT molecular complexity index is 963. The number of pyridine rings is 1. The molecule has 2 atom stereocenters. The van der Waals surface area contributed by atoms with Gasteiger partial charge in [-0.15, -0.1) is 0 Å². The van der Waals surface area contributed by atoms with E-state index in [-0.39, 0.29) is 12.0 Å². The number of carboxylic acids is 1. The smallest absolute Gasteiger partial charge is 0.318 e. The summed E-state index contributed by atoms with van der Waals surface area (Å²) in [7, 11) is 1.62. The summed E-state index contributed by atoms with van der Waals surface area (Å²) < 4.78 is 11.8. The van der Waals surface area contributed by atoms with Crippen molar-refractivity contribution < 1.29 is 19.4 Å². The molecule has 4 rings (SSSR count). The molecule has 0 spiro atoms. The predicted molar refractivity (Wildman–Crippen MR) is 120 cm³/mol. The number of allylic oxidation sites excluding steroid dienone is 3. The van der Waals surface area contributed by atoms with Crippen molar-refractivity contribution >= 4 is 5.97 Å². The first-order chi connectivity index (χ1) is 15.1. The summed E-state index contributed by atoms with van der Waals surface area (Å²) in [4.78, 5) is 16.8. The van der Waals surface area contributed by atoms with Gasteiger partial charge in [0.1, 0.15) is 5.41 Å². The molecule has 2 aromatic rings. The van der Waals surface area contributed by atoms with Crippen molar-refractivity contribution in [3.05, 3.63) is 78.2 Å². The Morgan fingerprint density at radius 3 is 2.61 bits per heavy atom. The molecule has 5 nitrogen and oxygen atoms in total. The highest BCUT2D eigenvalue weighted by atomic mass is 16.5. The lowest BCUT2D eigenvalue weighted by Crippen LogP contribution is -2.42. The van der Waals surface area contributed by atoms with Gasteiger partial charge in [-0.25, -0.2) is 0 Å². The summed E-state index contributed by atoms with van der Waals surface area (Å²) in [5.74, 6) is 0.226. The molecule has 1 aromatic heterocycles. The average Bonchev–Trinajstić information content (AvgIpc) is 3.31. The van der Waals surface area contributed by atoms with Crippen molar-refractivity contribution in [2.45, 2.75) is 50.0 Å². The van der Waals surface area contributed by atoms with Gasteiger partial charge in [-0.05, 0) is 73.9 Å². The van der Waals surface area contributed by atoms with E-state index in [1.165, 1.54) is 0 Å². The van der Waals surface area contributed by atoms with Gasteiger partial charge in [0.05, 0.1) is 13.2 Å². The van der Waals surface area contributed by atoms with E-state index in [9.17, 15) is 9.90 Å². The van der Waals surface area contributed by atoms with Gasteiger partial charge in [0, 0.05) is 18.3 Å². The molecule has 162 valence electrons. The third-order valence-electron chi connectivity index (χ3n) is 6.48. The molecule has 0 saturated heterocycles. The minimum absolute atomic E-state index is 0.161. The number of benzene rings is 1. The Morgan fingerprint density at radius 2 is 1.90 bits per heavy atom. The monoisotopic (exact) mass is 419 g/mol. The quantitative estimate of drug-likeness (QED) is 0.644. The van der Waals surface area contributed by atoms with E-state index in [0.29, 0.717) is 23.5 Å². The molecule has 1 fully saturated rings. The van der Waals surface area contributed by atoms with E-state index in [1.807, 2.05) is 54.6 Å². The maximum absolute atomic E-state index is 12.7. The molecule has 2 aliphatic rings. The van der Waals surface area contributed by atoms with Crippen LogP contribution in [0.2, 0.25) is 0 Å². The Labute approximate surface area is 183 Å². The average molecular weight is 420 g/mol. The van der Waals surface area contributed by atoms with Crippen LogP contribution in [0.15, 0.2) is 67.0 Å².